The maximum atomic E-state index is 12.5. The second-order valence-electron chi connectivity index (χ2n) is 29.7. The van der Waals surface area contributed by atoms with Gasteiger partial charge in [-0.25, -0.2) is 0 Å². The highest BCUT2D eigenvalue weighted by Crippen LogP contribution is 2.49. The van der Waals surface area contributed by atoms with Crippen LogP contribution in [0.1, 0.15) is 20.8 Å². The zero-order valence-corrected chi connectivity index (χ0v) is 62.6. The molecule has 542 valence electrons. The van der Waals surface area contributed by atoms with E-state index in [0.717, 1.165) is 16.4 Å². The van der Waals surface area contributed by atoms with Crippen molar-refractivity contribution >= 4 is 152 Å². The number of alkyl halides is 3. The van der Waals surface area contributed by atoms with E-state index >= 15 is 0 Å². The van der Waals surface area contributed by atoms with Crippen LogP contribution in [0.2, 0.25) is 0 Å². The molecule has 1 saturated heterocycles. The molecule has 0 amide bonds. The third kappa shape index (κ3) is 12.5. The van der Waals surface area contributed by atoms with Crippen molar-refractivity contribution in [3.05, 3.63) is 359 Å². The van der Waals surface area contributed by atoms with Crippen LogP contribution in [0, 0.1) is 6.92 Å². The molecular weight excluding hydrogens is 1420 g/mol. The third-order valence-corrected chi connectivity index (χ3v) is 23.5. The highest BCUT2D eigenvalue weighted by atomic mass is 32.2. The first-order valence-corrected chi connectivity index (χ1v) is 39.0. The number of pyridine rings is 2. The number of hydrogen-bond acceptors (Lipinski definition) is 7. The number of nitrogens with zero attached hydrogens (tertiary/aromatic N) is 2. The molecule has 12 heteroatoms. The maximum Gasteiger partial charge on any atom is 0.534 e. The zero-order chi connectivity index (χ0) is 76.9. The van der Waals surface area contributed by atoms with Gasteiger partial charge < -0.3 is 13.5 Å². The van der Waals surface area contributed by atoms with Crippen LogP contribution in [0.15, 0.2) is 352 Å². The molecule has 1 unspecified atom stereocenters. The summed E-state index contributed by atoms with van der Waals surface area (Å²) in [5, 5.41) is 24.7. The monoisotopic (exact) mass is 1490 g/mol. The summed E-state index contributed by atoms with van der Waals surface area (Å²) in [4.78, 5) is 8.98. The molecule has 7 nitrogen and oxygen atoms in total. The zero-order valence-electron chi connectivity index (χ0n) is 61.7. The normalized spacial score (nSPS) is 14.4. The van der Waals surface area contributed by atoms with Crippen LogP contribution < -0.4 is 9.65 Å². The number of fused-ring (bicyclic) bond motifs is 14. The van der Waals surface area contributed by atoms with Crippen molar-refractivity contribution in [2.24, 2.45) is 0 Å². The summed E-state index contributed by atoms with van der Waals surface area (Å²) in [7, 11) is -6.24. The molecule has 0 saturated carbocycles. The molecule has 113 heavy (non-hydrogen) atoms. The quantitative estimate of drug-likeness (QED) is 0.0374. The van der Waals surface area contributed by atoms with Gasteiger partial charge in [0.05, 0.1) is 23.3 Å². The first-order valence-electron chi connectivity index (χ1n) is 37.6. The van der Waals surface area contributed by atoms with E-state index in [0.29, 0.717) is 16.3 Å². The molecule has 0 bridgehead atoms. The number of aromatic nitrogens is 2. The Kier molecular flexibility index (Phi) is 17.2. The summed E-state index contributed by atoms with van der Waals surface area (Å²) in [6.07, 6.45) is 3.37. The Labute approximate surface area is 651 Å². The summed E-state index contributed by atoms with van der Waals surface area (Å²) in [5.41, 5.74) is 7.96. The van der Waals surface area contributed by atoms with Crippen molar-refractivity contribution in [1.82, 2.24) is 9.97 Å². The van der Waals surface area contributed by atoms with Crippen LogP contribution in [0.25, 0.3) is 185 Å². The van der Waals surface area contributed by atoms with Gasteiger partial charge in [0.15, 0.2) is 5.75 Å². The van der Waals surface area contributed by atoms with Crippen molar-refractivity contribution in [3.63, 3.8) is 0 Å². The lowest BCUT2D eigenvalue weighted by atomic mass is 9.76. The average Bonchev–Trinajstić information content (AvgIpc) is 0.902. The molecule has 1 aliphatic rings. The van der Waals surface area contributed by atoms with E-state index < -0.39 is 39.7 Å². The Bertz CT molecular complexity index is 7390. The van der Waals surface area contributed by atoms with Gasteiger partial charge in [0.25, 0.3) is 0 Å². The fourth-order valence-electron chi connectivity index (χ4n) is 16.5. The maximum absolute atomic E-state index is 12.5. The first kappa shape index (κ1) is 70.2. The second-order valence-corrected chi connectivity index (χ2v) is 31.3. The SMILES string of the molecule is O=S(=O)(Oc1cccc2ccc3cccnc3c12)C(F)(F)F.[CH2+]C1(C)OB(c2ccc3c(-c4ccc5ccccc5c4)c4ccccc4c(-c4ccc5ccccc5c4)c3c2)OC1(C)C.c1ccc2cc(-c3c4ccccc4c(-c4ccc5ccccc5c4)c4cc(-c5cccc6ccc7cccnc7c56)ccc34)ccc2c1. The number of benzene rings is 18. The van der Waals surface area contributed by atoms with Crippen molar-refractivity contribution in [1.29, 1.82) is 0 Å². The Morgan fingerprint density at radius 1 is 0.336 bits per heavy atom. The number of halogens is 3. The molecule has 0 N–H and O–H groups in total. The van der Waals surface area contributed by atoms with Gasteiger partial charge in [-0.05, 0) is 220 Å². The minimum Gasteiger partial charge on any atom is -0.395 e. The van der Waals surface area contributed by atoms with Crippen LogP contribution in [-0.4, -0.2) is 42.2 Å². The van der Waals surface area contributed by atoms with Gasteiger partial charge >= 0.3 is 22.7 Å². The Balaban J connectivity index is 0.000000121. The third-order valence-electron chi connectivity index (χ3n) is 22.5. The lowest BCUT2D eigenvalue weighted by Crippen LogP contribution is -2.42. The summed E-state index contributed by atoms with van der Waals surface area (Å²) in [6.45, 7) is 10.4. The average molecular weight is 1490 g/mol. The van der Waals surface area contributed by atoms with Crippen LogP contribution in [0.3, 0.4) is 0 Å². The summed E-state index contributed by atoms with van der Waals surface area (Å²) in [6, 6.07) is 120. The van der Waals surface area contributed by atoms with Gasteiger partial charge in [-0.2, -0.15) is 21.6 Å². The van der Waals surface area contributed by atoms with Crippen molar-refractivity contribution < 1.29 is 35.1 Å². The summed E-state index contributed by atoms with van der Waals surface area (Å²) >= 11 is 0. The van der Waals surface area contributed by atoms with Gasteiger partial charge in [0.2, 0.25) is 5.60 Å². The fraction of sp³-hybridized carbons (Fsp3) is 0.0594. The molecule has 21 rings (SSSR count). The van der Waals surface area contributed by atoms with E-state index in [9.17, 15) is 21.6 Å². The van der Waals surface area contributed by atoms with Gasteiger partial charge in [-0.15, -0.1) is 0 Å². The van der Waals surface area contributed by atoms with Gasteiger partial charge in [0, 0.05) is 35.5 Å². The molecule has 20 aromatic rings. The number of rotatable bonds is 8. The van der Waals surface area contributed by atoms with Crippen molar-refractivity contribution in [3.8, 4) is 61.4 Å². The highest BCUT2D eigenvalue weighted by Gasteiger charge is 2.57. The fourth-order valence-corrected chi connectivity index (χ4v) is 17.0. The summed E-state index contributed by atoms with van der Waals surface area (Å²) < 4.78 is 77.2. The first-order chi connectivity index (χ1) is 54.9. The molecule has 3 heterocycles. The molecular formula is C101H69BF3N2O5S+. The second kappa shape index (κ2) is 27.7. The molecule has 18 aromatic carbocycles. The highest BCUT2D eigenvalue weighted by molar-refractivity contribution is 7.88. The predicted octanol–water partition coefficient (Wildman–Crippen LogP) is 26.4. The van der Waals surface area contributed by atoms with Gasteiger partial charge in [-0.3, -0.25) is 9.97 Å². The largest absolute Gasteiger partial charge is 0.534 e. The van der Waals surface area contributed by atoms with Gasteiger partial charge in [0.1, 0.15) is 5.60 Å². The van der Waals surface area contributed by atoms with Crippen LogP contribution in [-0.2, 0) is 19.4 Å². The lowest BCUT2D eigenvalue weighted by Gasteiger charge is -2.25. The van der Waals surface area contributed by atoms with Crippen molar-refractivity contribution in [2.75, 3.05) is 0 Å². The van der Waals surface area contributed by atoms with Crippen molar-refractivity contribution in [2.45, 2.75) is 37.5 Å². The standard InChI is InChI=1S/C47H29N.C40H32BO2.C14H8F3NO3S/c1-3-11-34-27-37(22-18-30(34)9-1)44-40-15-5-6-16-41(40)45(38-23-19-31-10-2-4-12-35(31)28-38)43-29-36(24-25-42(43)44)39-17-7-13-32-20-21-33-14-8-26-48-47(33)46(32)39;1-39(2)40(3,4)43-41(42-39)32-21-22-35-36(25-32)38(31-20-18-27-12-6-8-14-29(27)24-31)34-16-10-9-15-33(34)37(35)30-19-17-26-11-5-7-13-28(26)23-30;15-14(16,17)22(19,20)21-11-5-1-3-9-6-7-10-4-2-8-18-13(10)12(9)11/h1-29H;5-25H,1H2,2-4H3;1-8H/q;+1;. The van der Waals surface area contributed by atoms with E-state index in [-0.39, 0.29) is 5.39 Å². The minimum atomic E-state index is -5.74. The molecule has 0 radical (unpaired) electrons. The molecule has 0 spiro atoms. The van der Waals surface area contributed by atoms with E-state index in [1.54, 1.807) is 30.3 Å². The van der Waals surface area contributed by atoms with Crippen LogP contribution >= 0.6 is 0 Å². The van der Waals surface area contributed by atoms with Crippen LogP contribution in [0.4, 0.5) is 13.2 Å². The van der Waals surface area contributed by atoms with E-state index in [1.807, 2.05) is 33.0 Å². The lowest BCUT2D eigenvalue weighted by molar-refractivity contribution is -0.0499. The Morgan fingerprint density at radius 3 is 1.12 bits per heavy atom. The van der Waals surface area contributed by atoms with Gasteiger partial charge in [-0.1, -0.05) is 291 Å². The molecule has 0 aliphatic carbocycles. The molecule has 2 aromatic heterocycles. The Hall–Kier alpha value is -13.2. The summed E-state index contributed by atoms with van der Waals surface area (Å²) in [5.74, 6) is -0.404. The number of hydrogen-bond donors (Lipinski definition) is 0. The molecule has 1 fully saturated rings. The topological polar surface area (TPSA) is 87.6 Å². The molecule has 1 atom stereocenters. The minimum absolute atomic E-state index is 0.216. The van der Waals surface area contributed by atoms with E-state index in [1.165, 1.54) is 171 Å². The van der Waals surface area contributed by atoms with E-state index in [2.05, 4.69) is 307 Å². The smallest absolute Gasteiger partial charge is 0.395 e. The molecule has 1 aliphatic heterocycles. The van der Waals surface area contributed by atoms with E-state index in [4.69, 9.17) is 14.3 Å². The Morgan fingerprint density at radius 2 is 0.681 bits per heavy atom. The predicted molar refractivity (Wildman–Crippen MR) is 463 cm³/mol. The van der Waals surface area contributed by atoms with Crippen LogP contribution in [0.5, 0.6) is 5.75 Å².